The van der Waals surface area contributed by atoms with Crippen molar-refractivity contribution in [1.82, 2.24) is 5.32 Å². The monoisotopic (exact) mass is 387 g/mol. The van der Waals surface area contributed by atoms with Crippen LogP contribution in [0, 0.1) is 11.3 Å². The molecule has 138 valence electrons. The Labute approximate surface area is 168 Å². The van der Waals surface area contributed by atoms with Gasteiger partial charge in [0.15, 0.2) is 5.11 Å². The van der Waals surface area contributed by atoms with E-state index in [1.165, 1.54) is 0 Å². The number of carbonyl (C=O) groups excluding carboxylic acids is 1. The van der Waals surface area contributed by atoms with Gasteiger partial charge in [-0.3, -0.25) is 10.1 Å². The molecule has 0 atom stereocenters. The maximum Gasteiger partial charge on any atom is 0.257 e. The molecule has 6 heteroatoms. The Hall–Kier alpha value is -3.69. The van der Waals surface area contributed by atoms with Gasteiger partial charge in [-0.2, -0.15) is 5.26 Å². The third-order valence-corrected chi connectivity index (χ3v) is 4.05. The average molecular weight is 387 g/mol. The number of thiocarbonyl (C=S) groups is 1. The molecule has 0 aliphatic rings. The van der Waals surface area contributed by atoms with Crippen LogP contribution in [0.5, 0.6) is 5.75 Å². The number of hydrogen-bond acceptors (Lipinski definition) is 4. The second kappa shape index (κ2) is 9.31. The summed E-state index contributed by atoms with van der Waals surface area (Å²) in [6, 6.07) is 25.5. The summed E-state index contributed by atoms with van der Waals surface area (Å²) in [6.07, 6.45) is 0. The first kappa shape index (κ1) is 19.1. The van der Waals surface area contributed by atoms with Crippen LogP contribution < -0.4 is 15.4 Å². The minimum Gasteiger partial charge on any atom is -0.489 e. The number of carbonyl (C=O) groups is 1. The number of benzene rings is 3. The molecular weight excluding hydrogens is 370 g/mol. The van der Waals surface area contributed by atoms with E-state index in [0.29, 0.717) is 29.2 Å². The zero-order valence-electron chi connectivity index (χ0n) is 14.9. The van der Waals surface area contributed by atoms with Crippen LogP contribution >= 0.6 is 12.2 Å². The van der Waals surface area contributed by atoms with Crippen molar-refractivity contribution in [2.45, 2.75) is 6.61 Å². The molecule has 3 rings (SSSR count). The lowest BCUT2D eigenvalue weighted by molar-refractivity contribution is 0.0977. The minimum atomic E-state index is -0.349. The highest BCUT2D eigenvalue weighted by molar-refractivity contribution is 7.80. The molecule has 28 heavy (non-hydrogen) atoms. The lowest BCUT2D eigenvalue weighted by atomic mass is 10.1. The molecule has 0 bridgehead atoms. The number of ether oxygens (including phenoxy) is 1. The van der Waals surface area contributed by atoms with Gasteiger partial charge in [0.2, 0.25) is 0 Å². The van der Waals surface area contributed by atoms with Crippen LogP contribution in [0.2, 0.25) is 0 Å². The Kier molecular flexibility index (Phi) is 6.34. The van der Waals surface area contributed by atoms with Gasteiger partial charge in [-0.15, -0.1) is 0 Å². The predicted octanol–water partition coefficient (Wildman–Crippen LogP) is 4.26. The molecular formula is C22H17N3O2S. The fraction of sp³-hybridized carbons (Fsp3) is 0.0455. The lowest BCUT2D eigenvalue weighted by Gasteiger charge is -2.11. The first-order chi connectivity index (χ1) is 13.6. The Bertz CT molecular complexity index is 1010. The normalized spacial score (nSPS) is 9.82. The molecule has 0 fully saturated rings. The maximum absolute atomic E-state index is 12.2. The summed E-state index contributed by atoms with van der Waals surface area (Å²) in [4.78, 5) is 12.2. The quantitative estimate of drug-likeness (QED) is 0.640. The summed E-state index contributed by atoms with van der Waals surface area (Å²) in [5.41, 5.74) is 2.69. The Morgan fingerprint density at radius 3 is 2.46 bits per heavy atom. The van der Waals surface area contributed by atoms with Crippen LogP contribution in [0.1, 0.15) is 21.5 Å². The van der Waals surface area contributed by atoms with E-state index in [0.717, 1.165) is 5.56 Å². The van der Waals surface area contributed by atoms with Crippen molar-refractivity contribution in [3.05, 3.63) is 95.6 Å². The van der Waals surface area contributed by atoms with E-state index in [4.69, 9.17) is 22.2 Å². The number of nitriles is 1. The number of rotatable bonds is 5. The topological polar surface area (TPSA) is 74.2 Å². The van der Waals surface area contributed by atoms with E-state index in [-0.39, 0.29) is 11.0 Å². The molecule has 0 aliphatic carbocycles. The van der Waals surface area contributed by atoms with Crippen LogP contribution in [0.4, 0.5) is 5.69 Å². The van der Waals surface area contributed by atoms with Gasteiger partial charge in [0.1, 0.15) is 12.4 Å². The number of nitrogens with one attached hydrogen (secondary N) is 2. The molecule has 5 nitrogen and oxygen atoms in total. The van der Waals surface area contributed by atoms with Crippen molar-refractivity contribution < 1.29 is 9.53 Å². The van der Waals surface area contributed by atoms with Gasteiger partial charge in [0.05, 0.1) is 11.6 Å². The highest BCUT2D eigenvalue weighted by Gasteiger charge is 2.08. The number of nitrogens with zero attached hydrogens (tertiary/aromatic N) is 1. The standard InChI is InChI=1S/C22H17N3O2S/c23-14-16-9-11-18(12-10-16)21(26)25-22(28)24-19-7-4-8-20(13-19)27-15-17-5-2-1-3-6-17/h1-13H,15H2,(H2,24,25,26,28). The molecule has 0 radical (unpaired) electrons. The highest BCUT2D eigenvalue weighted by atomic mass is 32.1. The van der Waals surface area contributed by atoms with E-state index >= 15 is 0 Å². The van der Waals surface area contributed by atoms with Gasteiger partial charge in [0.25, 0.3) is 5.91 Å². The number of anilines is 1. The van der Waals surface area contributed by atoms with Crippen molar-refractivity contribution in [1.29, 1.82) is 5.26 Å². The van der Waals surface area contributed by atoms with Gasteiger partial charge in [-0.05, 0) is 54.2 Å². The fourth-order valence-corrected chi connectivity index (χ4v) is 2.65. The SMILES string of the molecule is N#Cc1ccc(C(=O)NC(=S)Nc2cccc(OCc3ccccc3)c2)cc1. The molecule has 0 aromatic heterocycles. The second-order valence-electron chi connectivity index (χ2n) is 5.90. The molecule has 0 unspecified atom stereocenters. The van der Waals surface area contributed by atoms with Crippen molar-refractivity contribution in [2.24, 2.45) is 0 Å². The van der Waals surface area contributed by atoms with E-state index in [9.17, 15) is 4.79 Å². The predicted molar refractivity (Wildman–Crippen MR) is 112 cm³/mol. The van der Waals surface area contributed by atoms with Crippen LogP contribution in [-0.4, -0.2) is 11.0 Å². The van der Waals surface area contributed by atoms with Gasteiger partial charge in [-0.25, -0.2) is 0 Å². The third-order valence-electron chi connectivity index (χ3n) is 3.84. The molecule has 2 N–H and O–H groups in total. The van der Waals surface area contributed by atoms with Crippen molar-refractivity contribution in [2.75, 3.05) is 5.32 Å². The van der Waals surface area contributed by atoms with Crippen LogP contribution in [0.25, 0.3) is 0 Å². The largest absolute Gasteiger partial charge is 0.489 e. The molecule has 0 spiro atoms. The number of amides is 1. The van der Waals surface area contributed by atoms with Gasteiger partial charge < -0.3 is 10.1 Å². The molecule has 0 saturated heterocycles. The Morgan fingerprint density at radius 1 is 1.00 bits per heavy atom. The average Bonchev–Trinajstić information content (AvgIpc) is 2.73. The second-order valence-corrected chi connectivity index (χ2v) is 6.31. The van der Waals surface area contributed by atoms with Crippen LogP contribution in [0.15, 0.2) is 78.9 Å². The molecule has 0 heterocycles. The van der Waals surface area contributed by atoms with Crippen molar-refractivity contribution in [3.63, 3.8) is 0 Å². The van der Waals surface area contributed by atoms with E-state index in [2.05, 4.69) is 10.6 Å². The minimum absolute atomic E-state index is 0.176. The fourth-order valence-electron chi connectivity index (χ4n) is 2.44. The molecule has 3 aromatic rings. The van der Waals surface area contributed by atoms with E-state index < -0.39 is 0 Å². The molecule has 3 aromatic carbocycles. The first-order valence-electron chi connectivity index (χ1n) is 8.53. The van der Waals surface area contributed by atoms with Gasteiger partial charge in [0, 0.05) is 17.3 Å². The summed E-state index contributed by atoms with van der Waals surface area (Å²) < 4.78 is 5.79. The highest BCUT2D eigenvalue weighted by Crippen LogP contribution is 2.18. The van der Waals surface area contributed by atoms with Gasteiger partial charge in [-0.1, -0.05) is 36.4 Å². The molecule has 0 aliphatic heterocycles. The molecule has 1 amide bonds. The van der Waals surface area contributed by atoms with Crippen molar-refractivity contribution in [3.8, 4) is 11.8 Å². The Morgan fingerprint density at radius 2 is 1.75 bits per heavy atom. The van der Waals surface area contributed by atoms with Crippen molar-refractivity contribution >= 4 is 28.9 Å². The third kappa shape index (κ3) is 5.40. The zero-order valence-corrected chi connectivity index (χ0v) is 15.7. The Balaban J connectivity index is 1.56. The summed E-state index contributed by atoms with van der Waals surface area (Å²) in [6.45, 7) is 0.462. The van der Waals surface area contributed by atoms with Gasteiger partial charge >= 0.3 is 0 Å². The summed E-state index contributed by atoms with van der Waals surface area (Å²) in [5, 5.41) is 14.6. The zero-order chi connectivity index (χ0) is 19.8. The van der Waals surface area contributed by atoms with Crippen LogP contribution in [0.3, 0.4) is 0 Å². The maximum atomic E-state index is 12.2. The summed E-state index contributed by atoms with van der Waals surface area (Å²) >= 11 is 5.21. The van der Waals surface area contributed by atoms with E-state index in [1.54, 1.807) is 24.3 Å². The first-order valence-corrected chi connectivity index (χ1v) is 8.94. The lowest BCUT2D eigenvalue weighted by Crippen LogP contribution is -2.34. The summed E-state index contributed by atoms with van der Waals surface area (Å²) in [7, 11) is 0. The molecule has 0 saturated carbocycles. The van der Waals surface area contributed by atoms with E-state index in [1.807, 2.05) is 60.7 Å². The smallest absolute Gasteiger partial charge is 0.257 e. The van der Waals surface area contributed by atoms with Crippen LogP contribution in [-0.2, 0) is 6.61 Å². The summed E-state index contributed by atoms with van der Waals surface area (Å²) in [5.74, 6) is 0.341. The number of hydrogen-bond donors (Lipinski definition) is 2.